The van der Waals surface area contributed by atoms with E-state index in [0.29, 0.717) is 0 Å². The molecule has 5 nitrogen and oxygen atoms in total. The largest absolute Gasteiger partial charge is 0.377 e. The number of rotatable bonds is 3. The van der Waals surface area contributed by atoms with Crippen LogP contribution in [0.4, 0.5) is 14.6 Å². The van der Waals surface area contributed by atoms with Crippen LogP contribution < -0.4 is 0 Å². The third-order valence-corrected chi connectivity index (χ3v) is 2.20. The van der Waals surface area contributed by atoms with Crippen molar-refractivity contribution in [2.45, 2.75) is 6.43 Å². The van der Waals surface area contributed by atoms with E-state index in [1.165, 1.54) is 0 Å². The normalized spacial score (nSPS) is 10.6. The molecule has 0 aromatic carbocycles. The number of nitrogens with zero attached hydrogens (tertiary/aromatic N) is 2. The fourth-order valence-electron chi connectivity index (χ4n) is 1.02. The summed E-state index contributed by atoms with van der Waals surface area (Å²) in [4.78, 5) is 23.7. The lowest BCUT2D eigenvalue weighted by Crippen LogP contribution is -2.06. The summed E-state index contributed by atoms with van der Waals surface area (Å²) in [5, 5.41) is 9.17. The van der Waals surface area contributed by atoms with Gasteiger partial charge in [-0.3, -0.25) is 4.79 Å². The van der Waals surface area contributed by atoms with E-state index in [1.54, 1.807) is 0 Å². The second-order valence-electron chi connectivity index (χ2n) is 2.56. The quantitative estimate of drug-likeness (QED) is 0.372. The molecule has 1 aromatic rings. The van der Waals surface area contributed by atoms with Crippen molar-refractivity contribution in [1.29, 1.82) is 0 Å². The van der Waals surface area contributed by atoms with Crippen LogP contribution in [-0.4, -0.2) is 15.1 Å². The molecular weight excluding hydrogens is 313 g/mol. The Morgan fingerprint density at radius 3 is 2.56 bits per heavy atom. The highest BCUT2D eigenvalue weighted by molar-refractivity contribution is 9.10. The first-order valence-electron chi connectivity index (χ1n) is 3.67. The minimum absolute atomic E-state index is 0.170. The van der Waals surface area contributed by atoms with Gasteiger partial charge in [-0.2, -0.15) is 0 Å². The van der Waals surface area contributed by atoms with Crippen LogP contribution in [0.15, 0.2) is 10.7 Å². The molecule has 1 heterocycles. The van der Waals surface area contributed by atoms with E-state index in [1.807, 2.05) is 0 Å². The van der Waals surface area contributed by atoms with Crippen molar-refractivity contribution in [2.75, 3.05) is 0 Å². The van der Waals surface area contributed by atoms with E-state index in [2.05, 4.69) is 20.9 Å². The molecule has 0 radical (unpaired) electrons. The van der Waals surface area contributed by atoms with Crippen LogP contribution in [0.3, 0.4) is 0 Å². The summed E-state index contributed by atoms with van der Waals surface area (Å²) in [7, 11) is 0. The molecule has 0 saturated carbocycles. The van der Waals surface area contributed by atoms with Gasteiger partial charge < -0.3 is 10.1 Å². The van der Waals surface area contributed by atoms with Crippen LogP contribution in [-0.2, 0) is 0 Å². The van der Waals surface area contributed by atoms with E-state index < -0.39 is 33.5 Å². The van der Waals surface area contributed by atoms with Crippen LogP contribution in [0.1, 0.15) is 22.3 Å². The van der Waals surface area contributed by atoms with Gasteiger partial charge in [0.15, 0.2) is 0 Å². The zero-order valence-electron chi connectivity index (χ0n) is 7.29. The van der Waals surface area contributed by atoms with Crippen molar-refractivity contribution < 1.29 is 18.5 Å². The van der Waals surface area contributed by atoms with Gasteiger partial charge in [0.25, 0.3) is 11.7 Å². The number of aromatic nitrogens is 1. The van der Waals surface area contributed by atoms with Gasteiger partial charge in [-0.15, -0.1) is 0 Å². The maximum Gasteiger partial charge on any atom is 0.377 e. The molecule has 0 aliphatic heterocycles. The molecular formula is C7H2BrClF2N2O3. The van der Waals surface area contributed by atoms with Gasteiger partial charge in [-0.05, 0) is 21.5 Å². The van der Waals surface area contributed by atoms with Crippen molar-refractivity contribution in [3.05, 3.63) is 31.9 Å². The minimum Gasteiger partial charge on any atom is -0.358 e. The number of halogens is 4. The summed E-state index contributed by atoms with van der Waals surface area (Å²) in [6.07, 6.45) is -3.06. The van der Waals surface area contributed by atoms with Gasteiger partial charge in [0, 0.05) is 27.6 Å². The number of carbonyl (C=O) groups excluding carboxylic acids is 1. The Morgan fingerprint density at radius 2 is 2.19 bits per heavy atom. The van der Waals surface area contributed by atoms with Crippen molar-refractivity contribution in [1.82, 2.24) is 4.98 Å². The number of hydrogen-bond donors (Lipinski definition) is 0. The molecule has 0 amide bonds. The predicted molar refractivity (Wildman–Crippen MR) is 53.7 cm³/mol. The lowest BCUT2D eigenvalue weighted by atomic mass is 10.1. The van der Waals surface area contributed by atoms with Crippen molar-refractivity contribution in [3.8, 4) is 0 Å². The van der Waals surface area contributed by atoms with Crippen LogP contribution in [0.2, 0.25) is 0 Å². The molecule has 86 valence electrons. The Kier molecular flexibility index (Phi) is 3.87. The van der Waals surface area contributed by atoms with Gasteiger partial charge >= 0.3 is 5.82 Å². The van der Waals surface area contributed by atoms with Crippen LogP contribution >= 0.6 is 27.5 Å². The number of carbonyl (C=O) groups is 1. The summed E-state index contributed by atoms with van der Waals surface area (Å²) in [5.41, 5.74) is -1.71. The fourth-order valence-corrected chi connectivity index (χ4v) is 1.63. The highest BCUT2D eigenvalue weighted by Gasteiger charge is 2.30. The van der Waals surface area contributed by atoms with E-state index in [0.717, 1.165) is 6.07 Å². The van der Waals surface area contributed by atoms with Crippen LogP contribution in [0.25, 0.3) is 0 Å². The fraction of sp³-hybridized carbons (Fsp3) is 0.143. The molecule has 1 aromatic heterocycles. The molecule has 0 spiro atoms. The smallest absolute Gasteiger partial charge is 0.358 e. The first-order valence-corrected chi connectivity index (χ1v) is 4.84. The molecule has 0 unspecified atom stereocenters. The monoisotopic (exact) mass is 314 g/mol. The topological polar surface area (TPSA) is 73.1 Å². The first kappa shape index (κ1) is 12.9. The zero-order valence-corrected chi connectivity index (χ0v) is 9.63. The predicted octanol–water partition coefficient (Wildman–Crippen LogP) is 3.07. The van der Waals surface area contributed by atoms with Crippen LogP contribution in [0.5, 0.6) is 0 Å². The molecule has 0 atom stereocenters. The van der Waals surface area contributed by atoms with E-state index in [9.17, 15) is 23.7 Å². The molecule has 0 bridgehead atoms. The summed E-state index contributed by atoms with van der Waals surface area (Å²) in [6.45, 7) is 0. The second kappa shape index (κ2) is 4.79. The average Bonchev–Trinajstić information content (AvgIpc) is 2.15. The zero-order chi connectivity index (χ0) is 12.5. The Morgan fingerprint density at radius 1 is 1.62 bits per heavy atom. The molecule has 0 aliphatic carbocycles. The lowest BCUT2D eigenvalue weighted by Gasteiger charge is -2.04. The minimum atomic E-state index is -3.06. The molecule has 9 heteroatoms. The second-order valence-corrected chi connectivity index (χ2v) is 3.72. The summed E-state index contributed by atoms with van der Waals surface area (Å²) >= 11 is 7.75. The third kappa shape index (κ3) is 2.50. The van der Waals surface area contributed by atoms with Crippen molar-refractivity contribution in [3.63, 3.8) is 0 Å². The third-order valence-electron chi connectivity index (χ3n) is 1.60. The lowest BCUT2D eigenvalue weighted by molar-refractivity contribution is -0.390. The van der Waals surface area contributed by atoms with Gasteiger partial charge in [-0.1, -0.05) is 0 Å². The average molecular weight is 315 g/mol. The van der Waals surface area contributed by atoms with E-state index >= 15 is 0 Å². The highest BCUT2D eigenvalue weighted by atomic mass is 79.9. The Hall–Kier alpha value is -1.15. The highest BCUT2D eigenvalue weighted by Crippen LogP contribution is 2.31. The number of nitro groups is 1. The van der Waals surface area contributed by atoms with Gasteiger partial charge in [0.05, 0.1) is 0 Å². The van der Waals surface area contributed by atoms with Gasteiger partial charge in [-0.25, -0.2) is 8.78 Å². The molecule has 16 heavy (non-hydrogen) atoms. The number of alkyl halides is 2. The van der Waals surface area contributed by atoms with Crippen LogP contribution in [0, 0.1) is 10.1 Å². The molecule has 1 rings (SSSR count). The number of pyridine rings is 1. The van der Waals surface area contributed by atoms with Gasteiger partial charge in [0.2, 0.25) is 4.60 Å². The van der Waals surface area contributed by atoms with Crippen molar-refractivity contribution >= 4 is 38.6 Å². The van der Waals surface area contributed by atoms with Gasteiger partial charge in [0.1, 0.15) is 5.56 Å². The van der Waals surface area contributed by atoms with Crippen molar-refractivity contribution in [2.24, 2.45) is 0 Å². The van der Waals surface area contributed by atoms with E-state index in [-0.39, 0.29) is 4.60 Å². The standard InChI is InChI=1S/C7H2BrClF2N2O3/c8-3-1-2(6(10)11)4(5(9)14)7(12-3)13(15)16/h1,6H. The molecule has 0 saturated heterocycles. The van der Waals surface area contributed by atoms with E-state index in [4.69, 9.17) is 11.6 Å². The Balaban J connectivity index is 3.60. The summed E-state index contributed by atoms with van der Waals surface area (Å²) in [6, 6.07) is 0.813. The maximum atomic E-state index is 12.5. The molecule has 0 aliphatic rings. The summed E-state index contributed by atoms with van der Waals surface area (Å²) < 4.78 is 24.9. The molecule has 0 fully saturated rings. The number of hydrogen-bond acceptors (Lipinski definition) is 4. The SMILES string of the molecule is O=C(Cl)c1c(C(F)F)cc(Br)nc1[N+](=O)[O-]. The maximum absolute atomic E-state index is 12.5. The first-order chi connectivity index (χ1) is 7.34. The Bertz CT molecular complexity index is 469. The molecule has 0 N–H and O–H groups in total. The Labute approximate surface area is 101 Å². The summed E-state index contributed by atoms with van der Waals surface area (Å²) in [5.74, 6) is -0.996.